The number of nitrogens with zero attached hydrogens (tertiary/aromatic N) is 1. The zero-order chi connectivity index (χ0) is 11.8. The summed E-state index contributed by atoms with van der Waals surface area (Å²) in [6.07, 6.45) is 0. The lowest BCUT2D eigenvalue weighted by atomic mass is 9.88. The molecule has 0 aromatic carbocycles. The summed E-state index contributed by atoms with van der Waals surface area (Å²) in [6, 6.07) is -0.116. The second kappa shape index (κ2) is 4.02. The van der Waals surface area contributed by atoms with Gasteiger partial charge in [0, 0.05) is 6.92 Å². The molecular formula is C11H18N2OS. The normalized spacial score (nSPS) is 14.0. The number of thiazole rings is 1. The van der Waals surface area contributed by atoms with Crippen molar-refractivity contribution in [2.75, 3.05) is 0 Å². The summed E-state index contributed by atoms with van der Waals surface area (Å²) < 4.78 is 0. The minimum atomic E-state index is -0.116. The third kappa shape index (κ3) is 2.63. The van der Waals surface area contributed by atoms with Crippen molar-refractivity contribution in [1.82, 2.24) is 4.98 Å². The molecule has 0 spiro atoms. The number of carbonyl (C=O) groups is 1. The van der Waals surface area contributed by atoms with Crippen LogP contribution < -0.4 is 5.73 Å². The van der Waals surface area contributed by atoms with Gasteiger partial charge in [-0.25, -0.2) is 4.98 Å². The summed E-state index contributed by atoms with van der Waals surface area (Å²) >= 11 is 1.42. The molecule has 3 nitrogen and oxygen atoms in total. The Hall–Kier alpha value is -0.740. The van der Waals surface area contributed by atoms with Crippen molar-refractivity contribution in [2.45, 2.75) is 40.7 Å². The van der Waals surface area contributed by atoms with Crippen LogP contribution in [0.3, 0.4) is 0 Å². The fourth-order valence-corrected chi connectivity index (χ4v) is 2.46. The topological polar surface area (TPSA) is 56.0 Å². The van der Waals surface area contributed by atoms with Crippen LogP contribution in [0.25, 0.3) is 0 Å². The predicted octanol–water partition coefficient (Wildman–Crippen LogP) is 2.70. The molecule has 1 aromatic heterocycles. The number of rotatable bonds is 2. The van der Waals surface area contributed by atoms with Gasteiger partial charge in [-0.3, -0.25) is 4.79 Å². The third-order valence-electron chi connectivity index (χ3n) is 2.33. The van der Waals surface area contributed by atoms with Gasteiger partial charge >= 0.3 is 0 Å². The summed E-state index contributed by atoms with van der Waals surface area (Å²) in [7, 11) is 0. The quantitative estimate of drug-likeness (QED) is 0.789. The smallest absolute Gasteiger partial charge is 0.171 e. The van der Waals surface area contributed by atoms with Gasteiger partial charge < -0.3 is 5.73 Å². The third-order valence-corrected chi connectivity index (χ3v) is 3.67. The molecule has 2 N–H and O–H groups in total. The standard InChI is InChI=1S/C11H18N2OS/c1-6-8(7(2)14)15-10(13-6)9(12)11(3,4)5/h9H,12H2,1-5H3. The number of aromatic nitrogens is 1. The zero-order valence-corrected chi connectivity index (χ0v) is 10.7. The molecule has 0 saturated carbocycles. The molecule has 0 aliphatic carbocycles. The highest BCUT2D eigenvalue weighted by atomic mass is 32.1. The molecule has 1 heterocycles. The average Bonchev–Trinajstić information content (AvgIpc) is 2.44. The summed E-state index contributed by atoms with van der Waals surface area (Å²) in [5.41, 5.74) is 6.86. The zero-order valence-electron chi connectivity index (χ0n) is 9.92. The lowest BCUT2D eigenvalue weighted by molar-refractivity contribution is 0.102. The molecule has 1 atom stereocenters. The van der Waals surface area contributed by atoms with Crippen molar-refractivity contribution in [2.24, 2.45) is 11.1 Å². The van der Waals surface area contributed by atoms with Gasteiger partial charge in [-0.15, -0.1) is 11.3 Å². The largest absolute Gasteiger partial charge is 0.322 e. The van der Waals surface area contributed by atoms with E-state index >= 15 is 0 Å². The van der Waals surface area contributed by atoms with Crippen molar-refractivity contribution in [3.05, 3.63) is 15.6 Å². The fraction of sp³-hybridized carbons (Fsp3) is 0.636. The number of hydrogen-bond acceptors (Lipinski definition) is 4. The number of nitrogens with two attached hydrogens (primary N) is 1. The molecule has 0 saturated heterocycles. The van der Waals surface area contributed by atoms with Crippen LogP contribution in [0, 0.1) is 12.3 Å². The SMILES string of the molecule is CC(=O)c1sc(C(N)C(C)(C)C)nc1C. The highest BCUT2D eigenvalue weighted by Crippen LogP contribution is 2.33. The number of carbonyl (C=O) groups excluding carboxylic acids is 1. The van der Waals surface area contributed by atoms with Crippen LogP contribution in [0.2, 0.25) is 0 Å². The van der Waals surface area contributed by atoms with Crippen LogP contribution in [-0.2, 0) is 0 Å². The van der Waals surface area contributed by atoms with E-state index in [0.29, 0.717) is 0 Å². The van der Waals surface area contributed by atoms with Crippen molar-refractivity contribution in [3.8, 4) is 0 Å². The van der Waals surface area contributed by atoms with E-state index in [0.717, 1.165) is 15.6 Å². The van der Waals surface area contributed by atoms with E-state index in [1.54, 1.807) is 6.92 Å². The molecule has 84 valence electrons. The highest BCUT2D eigenvalue weighted by Gasteiger charge is 2.26. The van der Waals surface area contributed by atoms with E-state index in [2.05, 4.69) is 25.8 Å². The minimum absolute atomic E-state index is 0.0294. The summed E-state index contributed by atoms with van der Waals surface area (Å²) in [5, 5.41) is 0.852. The summed E-state index contributed by atoms with van der Waals surface area (Å²) in [5.74, 6) is 0.0670. The molecule has 15 heavy (non-hydrogen) atoms. The molecular weight excluding hydrogens is 208 g/mol. The van der Waals surface area contributed by atoms with Crippen molar-refractivity contribution >= 4 is 17.1 Å². The Morgan fingerprint density at radius 3 is 2.33 bits per heavy atom. The van der Waals surface area contributed by atoms with E-state index in [4.69, 9.17) is 5.73 Å². The molecule has 0 amide bonds. The maximum atomic E-state index is 11.3. The minimum Gasteiger partial charge on any atom is -0.322 e. The van der Waals surface area contributed by atoms with Crippen molar-refractivity contribution in [3.63, 3.8) is 0 Å². The average molecular weight is 226 g/mol. The van der Waals surface area contributed by atoms with Gasteiger partial charge in [-0.2, -0.15) is 0 Å². The van der Waals surface area contributed by atoms with E-state index < -0.39 is 0 Å². The molecule has 0 aliphatic heterocycles. The Labute approximate surface area is 94.7 Å². The van der Waals surface area contributed by atoms with E-state index in [1.807, 2.05) is 6.92 Å². The summed E-state index contributed by atoms with van der Waals surface area (Å²) in [6.45, 7) is 9.63. The Kier molecular flexibility index (Phi) is 3.31. The van der Waals surface area contributed by atoms with Crippen LogP contribution in [-0.4, -0.2) is 10.8 Å². The van der Waals surface area contributed by atoms with Crippen LogP contribution in [0.1, 0.15) is 54.1 Å². The van der Waals surface area contributed by atoms with E-state index in [-0.39, 0.29) is 17.2 Å². The molecule has 0 radical (unpaired) electrons. The first-order valence-corrected chi connectivity index (χ1v) is 5.79. The second-order valence-corrected chi connectivity index (χ2v) is 5.90. The molecule has 1 rings (SSSR count). The van der Waals surface area contributed by atoms with Gasteiger partial charge in [0.2, 0.25) is 0 Å². The van der Waals surface area contributed by atoms with Gasteiger partial charge in [0.1, 0.15) is 5.01 Å². The number of hydrogen-bond donors (Lipinski definition) is 1. The first-order chi connectivity index (χ1) is 6.73. The van der Waals surface area contributed by atoms with Crippen LogP contribution in [0.15, 0.2) is 0 Å². The monoisotopic (exact) mass is 226 g/mol. The van der Waals surface area contributed by atoms with E-state index in [1.165, 1.54) is 11.3 Å². The molecule has 0 aliphatic rings. The Morgan fingerprint density at radius 2 is 2.00 bits per heavy atom. The molecule has 1 aromatic rings. The molecule has 0 bridgehead atoms. The Balaban J connectivity index is 3.08. The number of ketones is 1. The Morgan fingerprint density at radius 1 is 1.47 bits per heavy atom. The van der Waals surface area contributed by atoms with Crippen LogP contribution >= 0.6 is 11.3 Å². The van der Waals surface area contributed by atoms with Crippen LogP contribution in [0.4, 0.5) is 0 Å². The predicted molar refractivity (Wildman–Crippen MR) is 63.2 cm³/mol. The fourth-order valence-electron chi connectivity index (χ4n) is 1.25. The van der Waals surface area contributed by atoms with Crippen LogP contribution in [0.5, 0.6) is 0 Å². The molecule has 1 unspecified atom stereocenters. The lowest BCUT2D eigenvalue weighted by Gasteiger charge is -2.24. The molecule has 4 heteroatoms. The second-order valence-electron chi connectivity index (χ2n) is 4.87. The maximum absolute atomic E-state index is 11.3. The van der Waals surface area contributed by atoms with Gasteiger partial charge in [0.25, 0.3) is 0 Å². The van der Waals surface area contributed by atoms with Crippen molar-refractivity contribution < 1.29 is 4.79 Å². The van der Waals surface area contributed by atoms with Crippen molar-refractivity contribution in [1.29, 1.82) is 0 Å². The summed E-state index contributed by atoms with van der Waals surface area (Å²) in [4.78, 5) is 16.4. The Bertz CT molecular complexity index is 376. The molecule has 0 fully saturated rings. The highest BCUT2D eigenvalue weighted by molar-refractivity contribution is 7.13. The van der Waals surface area contributed by atoms with Gasteiger partial charge in [0.05, 0.1) is 16.6 Å². The first kappa shape index (κ1) is 12.3. The van der Waals surface area contributed by atoms with Gasteiger partial charge in [-0.05, 0) is 12.3 Å². The maximum Gasteiger partial charge on any atom is 0.171 e. The van der Waals surface area contributed by atoms with Gasteiger partial charge in [0.15, 0.2) is 5.78 Å². The van der Waals surface area contributed by atoms with E-state index in [9.17, 15) is 4.79 Å². The number of aryl methyl sites for hydroxylation is 1. The first-order valence-electron chi connectivity index (χ1n) is 4.97. The number of Topliss-reactive ketones (excluding diaryl/α,β-unsaturated/α-hetero) is 1. The van der Waals surface area contributed by atoms with Gasteiger partial charge in [-0.1, -0.05) is 20.8 Å². The lowest BCUT2D eigenvalue weighted by Crippen LogP contribution is -2.26.